The van der Waals surface area contributed by atoms with Crippen LogP contribution in [0.3, 0.4) is 0 Å². The van der Waals surface area contributed by atoms with Gasteiger partial charge < -0.3 is 9.80 Å². The van der Waals surface area contributed by atoms with Crippen LogP contribution in [0.2, 0.25) is 0 Å². The van der Waals surface area contributed by atoms with E-state index in [0.717, 1.165) is 25.8 Å². The third-order valence-corrected chi connectivity index (χ3v) is 8.06. The first-order valence-electron chi connectivity index (χ1n) is 12.5. The van der Waals surface area contributed by atoms with Crippen molar-refractivity contribution in [3.8, 4) is 0 Å². The Morgan fingerprint density at radius 1 is 1.00 bits per heavy atom. The summed E-state index contributed by atoms with van der Waals surface area (Å²) < 4.78 is 0. The quantitative estimate of drug-likeness (QED) is 0.528. The molecule has 2 aliphatic rings. The Labute approximate surface area is 202 Å². The van der Waals surface area contributed by atoms with Crippen LogP contribution in [0.4, 0.5) is 0 Å². The van der Waals surface area contributed by atoms with Gasteiger partial charge in [0.05, 0.1) is 12.6 Å². The molecule has 2 unspecified atom stereocenters. The van der Waals surface area contributed by atoms with E-state index < -0.39 is 0 Å². The van der Waals surface area contributed by atoms with Crippen LogP contribution >= 0.6 is 11.3 Å². The predicted octanol–water partition coefficient (Wildman–Crippen LogP) is 4.73. The second kappa shape index (κ2) is 11.3. The molecule has 0 radical (unpaired) electrons. The summed E-state index contributed by atoms with van der Waals surface area (Å²) in [4.78, 5) is 33.7. The number of carbonyl (C=O) groups is 2. The maximum Gasteiger partial charge on any atom is 0.236 e. The molecule has 1 aromatic carbocycles. The van der Waals surface area contributed by atoms with Gasteiger partial charge in [-0.25, -0.2) is 0 Å². The van der Waals surface area contributed by atoms with Gasteiger partial charge in [-0.1, -0.05) is 56.5 Å². The highest BCUT2D eigenvalue weighted by Gasteiger charge is 2.34. The van der Waals surface area contributed by atoms with E-state index in [2.05, 4.69) is 54.5 Å². The van der Waals surface area contributed by atoms with Crippen LogP contribution in [0, 0.1) is 0 Å². The van der Waals surface area contributed by atoms with E-state index in [9.17, 15) is 9.59 Å². The van der Waals surface area contributed by atoms with Gasteiger partial charge in [0.15, 0.2) is 0 Å². The fourth-order valence-corrected chi connectivity index (χ4v) is 6.14. The predicted molar refractivity (Wildman–Crippen MR) is 134 cm³/mol. The number of hydrogen-bond acceptors (Lipinski definition) is 4. The molecule has 2 atom stereocenters. The molecule has 1 fully saturated rings. The van der Waals surface area contributed by atoms with Crippen molar-refractivity contribution in [3.05, 3.63) is 57.8 Å². The summed E-state index contributed by atoms with van der Waals surface area (Å²) in [6.45, 7) is 7.50. The lowest BCUT2D eigenvalue weighted by molar-refractivity contribution is -0.143. The minimum absolute atomic E-state index is 0.0797. The Balaban J connectivity index is 1.37. The van der Waals surface area contributed by atoms with Gasteiger partial charge in [-0.05, 0) is 42.3 Å². The van der Waals surface area contributed by atoms with Crippen molar-refractivity contribution in [2.45, 2.75) is 64.5 Å². The molecule has 6 heteroatoms. The Hall–Kier alpha value is -2.18. The van der Waals surface area contributed by atoms with E-state index in [1.54, 1.807) is 0 Å². The summed E-state index contributed by atoms with van der Waals surface area (Å²) >= 11 is 1.82. The van der Waals surface area contributed by atoms with Crippen LogP contribution in [-0.2, 0) is 16.0 Å². The maximum atomic E-state index is 13.3. The number of hydrogen-bond donors (Lipinski definition) is 0. The maximum absolute atomic E-state index is 13.3. The van der Waals surface area contributed by atoms with Crippen LogP contribution in [-0.4, -0.2) is 65.3 Å². The molecule has 0 aliphatic carbocycles. The first-order chi connectivity index (χ1) is 16.1. The number of piperazine rings is 1. The molecule has 2 aromatic rings. The molecule has 33 heavy (non-hydrogen) atoms. The number of unbranched alkanes of at least 4 members (excludes halogenated alkanes) is 3. The first kappa shape index (κ1) is 24.0. The number of rotatable bonds is 8. The van der Waals surface area contributed by atoms with Crippen LogP contribution in [0.25, 0.3) is 0 Å². The highest BCUT2D eigenvalue weighted by atomic mass is 32.1. The summed E-state index contributed by atoms with van der Waals surface area (Å²) in [6, 6.07) is 13.0. The van der Waals surface area contributed by atoms with E-state index in [-0.39, 0.29) is 23.9 Å². The fourth-order valence-electron chi connectivity index (χ4n) is 5.24. The van der Waals surface area contributed by atoms with Gasteiger partial charge in [-0.2, -0.15) is 0 Å². The zero-order valence-electron chi connectivity index (χ0n) is 20.0. The summed E-state index contributed by atoms with van der Waals surface area (Å²) in [5, 5.41) is 2.17. The third-order valence-electron chi connectivity index (χ3n) is 7.06. The molecule has 2 aliphatic heterocycles. The van der Waals surface area contributed by atoms with Gasteiger partial charge in [-0.3, -0.25) is 14.5 Å². The van der Waals surface area contributed by atoms with Crippen molar-refractivity contribution in [2.75, 3.05) is 32.7 Å². The summed E-state index contributed by atoms with van der Waals surface area (Å²) in [7, 11) is 0. The third kappa shape index (κ3) is 5.67. The van der Waals surface area contributed by atoms with E-state index in [4.69, 9.17) is 0 Å². The smallest absolute Gasteiger partial charge is 0.236 e. The van der Waals surface area contributed by atoms with Crippen LogP contribution in [0.15, 0.2) is 41.8 Å². The summed E-state index contributed by atoms with van der Waals surface area (Å²) in [5.41, 5.74) is 2.59. The molecule has 5 nitrogen and oxygen atoms in total. The molecule has 3 heterocycles. The molecule has 0 bridgehead atoms. The topological polar surface area (TPSA) is 43.9 Å². The van der Waals surface area contributed by atoms with Crippen molar-refractivity contribution in [1.82, 2.24) is 14.7 Å². The lowest BCUT2D eigenvalue weighted by Crippen LogP contribution is -2.57. The number of benzene rings is 1. The second-order valence-corrected chi connectivity index (χ2v) is 10.4. The molecular formula is C27H37N3O2S. The molecule has 1 saturated heterocycles. The fraction of sp³-hybridized carbons (Fsp3) is 0.556. The van der Waals surface area contributed by atoms with E-state index >= 15 is 0 Å². The lowest BCUT2D eigenvalue weighted by Gasteiger charge is -2.42. The monoisotopic (exact) mass is 467 g/mol. The molecule has 2 amide bonds. The zero-order valence-corrected chi connectivity index (χ0v) is 20.9. The molecule has 4 rings (SSSR count). The number of fused-ring (bicyclic) bond motifs is 1. The first-order valence-corrected chi connectivity index (χ1v) is 13.4. The molecule has 0 N–H and O–H groups in total. The minimum atomic E-state index is 0.0797. The Bertz CT molecular complexity index is 928. The number of carbonyl (C=O) groups excluding carboxylic acids is 2. The average Bonchev–Trinajstić information content (AvgIpc) is 3.31. The van der Waals surface area contributed by atoms with Crippen molar-refractivity contribution in [2.24, 2.45) is 0 Å². The molecule has 178 valence electrons. The lowest BCUT2D eigenvalue weighted by atomic mass is 9.93. The van der Waals surface area contributed by atoms with Crippen LogP contribution in [0.5, 0.6) is 0 Å². The van der Waals surface area contributed by atoms with Crippen LogP contribution < -0.4 is 0 Å². The number of amides is 2. The Kier molecular flexibility index (Phi) is 8.20. The van der Waals surface area contributed by atoms with Gasteiger partial charge in [0.2, 0.25) is 11.8 Å². The van der Waals surface area contributed by atoms with E-state index in [1.165, 1.54) is 28.8 Å². The largest absolute Gasteiger partial charge is 0.338 e. The van der Waals surface area contributed by atoms with Crippen molar-refractivity contribution < 1.29 is 9.59 Å². The standard InChI is InChI=1S/C27H37N3O2S/c1-3-4-5-9-12-25(31)30-17-16-28(19-21(30)2)26(32)20-29-15-13-24-23(14-18-33-24)27(29)22-10-7-6-8-11-22/h6-8,10-11,14,18,21,27H,3-5,9,12-13,15-17,19-20H2,1-2H3. The highest BCUT2D eigenvalue weighted by molar-refractivity contribution is 7.10. The molecule has 1 aromatic heterocycles. The van der Waals surface area contributed by atoms with Gasteiger partial charge in [-0.15, -0.1) is 11.3 Å². The normalized spacial score (nSPS) is 21.2. The molecule has 0 saturated carbocycles. The Morgan fingerprint density at radius 2 is 1.82 bits per heavy atom. The van der Waals surface area contributed by atoms with E-state index in [1.807, 2.05) is 27.2 Å². The van der Waals surface area contributed by atoms with Gasteiger partial charge in [0.1, 0.15) is 0 Å². The van der Waals surface area contributed by atoms with Crippen molar-refractivity contribution >= 4 is 23.2 Å². The minimum Gasteiger partial charge on any atom is -0.338 e. The van der Waals surface area contributed by atoms with Crippen LogP contribution in [0.1, 0.15) is 68.0 Å². The molecular weight excluding hydrogens is 430 g/mol. The average molecular weight is 468 g/mol. The van der Waals surface area contributed by atoms with Gasteiger partial charge >= 0.3 is 0 Å². The molecule has 0 spiro atoms. The number of thiophene rings is 1. The SMILES string of the molecule is CCCCCCC(=O)N1CCN(C(=O)CN2CCc3sccc3C2c2ccccc2)CC1C. The summed E-state index contributed by atoms with van der Waals surface area (Å²) in [6.07, 6.45) is 6.10. The van der Waals surface area contributed by atoms with E-state index in [0.29, 0.717) is 32.6 Å². The Morgan fingerprint density at radius 3 is 2.58 bits per heavy atom. The van der Waals surface area contributed by atoms with Gasteiger partial charge in [0, 0.05) is 43.5 Å². The van der Waals surface area contributed by atoms with Crippen molar-refractivity contribution in [1.29, 1.82) is 0 Å². The highest BCUT2D eigenvalue weighted by Crippen LogP contribution is 2.37. The van der Waals surface area contributed by atoms with Crippen molar-refractivity contribution in [3.63, 3.8) is 0 Å². The zero-order chi connectivity index (χ0) is 23.2. The van der Waals surface area contributed by atoms with Gasteiger partial charge in [0.25, 0.3) is 0 Å². The summed E-state index contributed by atoms with van der Waals surface area (Å²) in [5.74, 6) is 0.423. The second-order valence-electron chi connectivity index (χ2n) is 9.42. The number of nitrogens with zero attached hydrogens (tertiary/aromatic N) is 3.